The van der Waals surface area contributed by atoms with Gasteiger partial charge in [0.1, 0.15) is 5.69 Å². The van der Waals surface area contributed by atoms with Crippen molar-refractivity contribution in [2.45, 2.75) is 19.9 Å². The van der Waals surface area contributed by atoms with Gasteiger partial charge >= 0.3 is 0 Å². The number of benzene rings is 2. The molecule has 2 unspecified atom stereocenters. The molecule has 4 heterocycles. The van der Waals surface area contributed by atoms with Gasteiger partial charge in [-0.1, -0.05) is 49.4 Å². The number of pyridine rings is 1. The first-order chi connectivity index (χ1) is 22.2. The number of amides is 2. The number of aromatic nitrogens is 4. The number of hydrogen-bond acceptors (Lipinski definition) is 7. The maximum atomic E-state index is 13.4. The lowest BCUT2D eigenvalue weighted by Gasteiger charge is -2.18. The Labute approximate surface area is 268 Å². The molecule has 0 radical (unpaired) electrons. The van der Waals surface area contributed by atoms with Crippen LogP contribution < -0.4 is 10.6 Å². The number of nitrogens with one attached hydrogen (secondary N) is 2. The number of fused-ring (bicyclic) bond motifs is 1. The predicted octanol–water partition coefficient (Wildman–Crippen LogP) is 5.40. The number of rotatable bonds is 9. The van der Waals surface area contributed by atoms with Crippen molar-refractivity contribution in [3.05, 3.63) is 108 Å². The van der Waals surface area contributed by atoms with Crippen LogP contribution in [0.5, 0.6) is 0 Å². The SMILES string of the molecule is Cc1ccc2c(-c3ccnc(NC4CN(C(=O)c5ccc(NC(=O)/C=C/CN(C)C)cc5)CC4C)n3)c(-c3ccccc3)nn2c1. The van der Waals surface area contributed by atoms with Crippen LogP contribution in [0.15, 0.2) is 97.3 Å². The molecule has 10 heteroatoms. The normalized spacial score (nSPS) is 16.4. The average molecular weight is 615 g/mol. The van der Waals surface area contributed by atoms with Gasteiger partial charge in [-0.25, -0.2) is 14.5 Å². The largest absolute Gasteiger partial charge is 0.349 e. The van der Waals surface area contributed by atoms with Gasteiger partial charge in [0.2, 0.25) is 11.9 Å². The second-order valence-electron chi connectivity index (χ2n) is 12.1. The molecule has 234 valence electrons. The van der Waals surface area contributed by atoms with Gasteiger partial charge in [0.25, 0.3) is 5.91 Å². The zero-order valence-corrected chi connectivity index (χ0v) is 26.5. The summed E-state index contributed by atoms with van der Waals surface area (Å²) in [6.07, 6.45) is 7.10. The van der Waals surface area contributed by atoms with E-state index in [4.69, 9.17) is 10.1 Å². The standard InChI is InChI=1S/C36H38N8O2/c1-24-12-17-31-33(34(41-44(31)21-24)26-9-6-5-7-10-26)29-18-19-37-36(39-29)40-30-23-43(22-25(30)2)35(46)27-13-15-28(16-14-27)38-32(45)11-8-20-42(3)4/h5-19,21,25,30H,20,22-23H2,1-4H3,(H,38,45)(H,37,39,40)/b11-8+. The van der Waals surface area contributed by atoms with Gasteiger partial charge in [-0.15, -0.1) is 0 Å². The van der Waals surface area contributed by atoms with Crippen molar-refractivity contribution in [2.24, 2.45) is 5.92 Å². The van der Waals surface area contributed by atoms with E-state index in [1.165, 1.54) is 6.08 Å². The maximum absolute atomic E-state index is 13.4. The minimum Gasteiger partial charge on any atom is -0.349 e. The van der Waals surface area contributed by atoms with E-state index in [0.29, 0.717) is 36.8 Å². The minimum atomic E-state index is -0.206. The molecule has 0 saturated carbocycles. The van der Waals surface area contributed by atoms with Gasteiger partial charge in [0, 0.05) is 54.9 Å². The lowest BCUT2D eigenvalue weighted by molar-refractivity contribution is -0.111. The first-order valence-electron chi connectivity index (χ1n) is 15.4. The van der Waals surface area contributed by atoms with Crippen molar-refractivity contribution in [3.8, 4) is 22.5 Å². The number of aryl methyl sites for hydroxylation is 1. The fourth-order valence-corrected chi connectivity index (χ4v) is 5.69. The molecule has 2 atom stereocenters. The Balaban J connectivity index is 1.16. The van der Waals surface area contributed by atoms with Crippen molar-refractivity contribution >= 4 is 29.0 Å². The van der Waals surface area contributed by atoms with Crippen LogP contribution >= 0.6 is 0 Å². The maximum Gasteiger partial charge on any atom is 0.253 e. The highest BCUT2D eigenvalue weighted by Gasteiger charge is 2.33. The van der Waals surface area contributed by atoms with E-state index in [9.17, 15) is 9.59 Å². The minimum absolute atomic E-state index is 0.0214. The molecule has 1 aliphatic heterocycles. The third-order valence-electron chi connectivity index (χ3n) is 8.09. The first kappa shape index (κ1) is 30.7. The van der Waals surface area contributed by atoms with E-state index in [2.05, 4.69) is 46.8 Å². The molecule has 0 spiro atoms. The van der Waals surface area contributed by atoms with Gasteiger partial charge in [0.15, 0.2) is 0 Å². The molecule has 5 aromatic rings. The lowest BCUT2D eigenvalue weighted by Crippen LogP contribution is -2.32. The highest BCUT2D eigenvalue weighted by Crippen LogP contribution is 2.34. The molecular formula is C36H38N8O2. The topological polar surface area (TPSA) is 108 Å². The Kier molecular flexibility index (Phi) is 8.89. The number of nitrogens with zero attached hydrogens (tertiary/aromatic N) is 6. The summed E-state index contributed by atoms with van der Waals surface area (Å²) >= 11 is 0. The molecule has 6 rings (SSSR count). The van der Waals surface area contributed by atoms with E-state index in [1.807, 2.05) is 65.8 Å². The van der Waals surface area contributed by atoms with Crippen LogP contribution in [-0.4, -0.2) is 81.0 Å². The summed E-state index contributed by atoms with van der Waals surface area (Å²) in [7, 11) is 3.88. The second kappa shape index (κ2) is 13.3. The summed E-state index contributed by atoms with van der Waals surface area (Å²) in [4.78, 5) is 38.9. The van der Waals surface area contributed by atoms with Gasteiger partial charge in [-0.05, 0) is 68.9 Å². The molecule has 46 heavy (non-hydrogen) atoms. The molecule has 10 nitrogen and oxygen atoms in total. The summed E-state index contributed by atoms with van der Waals surface area (Å²) in [6, 6.07) is 23.2. The fourth-order valence-electron chi connectivity index (χ4n) is 5.69. The molecule has 3 aromatic heterocycles. The van der Waals surface area contributed by atoms with E-state index in [-0.39, 0.29) is 23.8 Å². The Hall–Kier alpha value is -5.35. The van der Waals surface area contributed by atoms with E-state index in [0.717, 1.165) is 33.6 Å². The molecular weight excluding hydrogens is 576 g/mol. The predicted molar refractivity (Wildman–Crippen MR) is 182 cm³/mol. The second-order valence-corrected chi connectivity index (χ2v) is 12.1. The van der Waals surface area contributed by atoms with Crippen molar-refractivity contribution in [3.63, 3.8) is 0 Å². The molecule has 2 amide bonds. The van der Waals surface area contributed by atoms with Crippen molar-refractivity contribution in [1.82, 2.24) is 29.4 Å². The molecule has 0 aliphatic carbocycles. The van der Waals surface area contributed by atoms with Crippen LogP contribution in [0.3, 0.4) is 0 Å². The molecule has 0 bridgehead atoms. The van der Waals surface area contributed by atoms with Crippen LogP contribution in [-0.2, 0) is 4.79 Å². The van der Waals surface area contributed by atoms with Crippen LogP contribution in [0, 0.1) is 12.8 Å². The first-order valence-corrected chi connectivity index (χ1v) is 15.4. The zero-order valence-electron chi connectivity index (χ0n) is 26.5. The number of hydrogen-bond donors (Lipinski definition) is 2. The third-order valence-corrected chi connectivity index (χ3v) is 8.09. The fraction of sp³-hybridized carbons (Fsp3) is 0.250. The summed E-state index contributed by atoms with van der Waals surface area (Å²) in [5.74, 6) is 0.434. The van der Waals surface area contributed by atoms with Crippen LogP contribution in [0.2, 0.25) is 0 Å². The number of likely N-dealkylation sites (N-methyl/N-ethyl adjacent to an activating group) is 1. The van der Waals surface area contributed by atoms with Crippen LogP contribution in [0.4, 0.5) is 11.6 Å². The van der Waals surface area contributed by atoms with E-state index >= 15 is 0 Å². The monoisotopic (exact) mass is 614 g/mol. The third kappa shape index (κ3) is 6.82. The molecule has 1 fully saturated rings. The number of likely N-dealkylation sites (tertiary alicyclic amines) is 1. The van der Waals surface area contributed by atoms with Crippen LogP contribution in [0.1, 0.15) is 22.8 Å². The molecule has 1 saturated heterocycles. The van der Waals surface area contributed by atoms with Gasteiger partial charge in [0.05, 0.1) is 22.8 Å². The van der Waals surface area contributed by atoms with Crippen molar-refractivity contribution in [2.75, 3.05) is 44.4 Å². The lowest BCUT2D eigenvalue weighted by atomic mass is 10.0. The number of carbonyl (C=O) groups is 2. The quantitative estimate of drug-likeness (QED) is 0.214. The van der Waals surface area contributed by atoms with E-state index in [1.54, 1.807) is 36.5 Å². The summed E-state index contributed by atoms with van der Waals surface area (Å²) in [6.45, 7) is 5.98. The molecule has 1 aliphatic rings. The van der Waals surface area contributed by atoms with Crippen molar-refractivity contribution < 1.29 is 9.59 Å². The number of anilines is 2. The molecule has 2 aromatic carbocycles. The van der Waals surface area contributed by atoms with Crippen molar-refractivity contribution in [1.29, 1.82) is 0 Å². The highest BCUT2D eigenvalue weighted by molar-refractivity contribution is 6.00. The smallest absolute Gasteiger partial charge is 0.253 e. The Morgan fingerprint density at radius 1 is 1.00 bits per heavy atom. The zero-order chi connectivity index (χ0) is 32.2. The Morgan fingerprint density at radius 2 is 1.78 bits per heavy atom. The average Bonchev–Trinajstić information content (AvgIpc) is 3.61. The summed E-state index contributed by atoms with van der Waals surface area (Å²) < 4.78 is 1.91. The molecule has 2 N–H and O–H groups in total. The number of carbonyl (C=O) groups excluding carboxylic acids is 2. The Bertz CT molecular complexity index is 1880. The van der Waals surface area contributed by atoms with Crippen LogP contribution in [0.25, 0.3) is 28.0 Å². The summed E-state index contributed by atoms with van der Waals surface area (Å²) in [5, 5.41) is 11.3. The van der Waals surface area contributed by atoms with E-state index < -0.39 is 0 Å². The van der Waals surface area contributed by atoms with Gasteiger partial charge in [-0.3, -0.25) is 9.59 Å². The summed E-state index contributed by atoms with van der Waals surface area (Å²) in [5.41, 5.74) is 6.87. The Morgan fingerprint density at radius 3 is 2.54 bits per heavy atom. The van der Waals surface area contributed by atoms with Gasteiger partial charge < -0.3 is 20.4 Å². The highest BCUT2D eigenvalue weighted by atomic mass is 16.2. The van der Waals surface area contributed by atoms with Gasteiger partial charge in [-0.2, -0.15) is 5.10 Å².